The average Bonchev–Trinajstić information content (AvgIpc) is 2.49. The van der Waals surface area contributed by atoms with Crippen LogP contribution in [0.4, 0.5) is 0 Å². The molecule has 1 heteroatoms. The molecule has 0 aliphatic rings. The lowest BCUT2D eigenvalue weighted by Crippen LogP contribution is -1.82. The van der Waals surface area contributed by atoms with E-state index in [4.69, 9.17) is 0 Å². The first-order valence-electron chi connectivity index (χ1n) is 6.40. The highest BCUT2D eigenvalue weighted by molar-refractivity contribution is 5.72. The van der Waals surface area contributed by atoms with Crippen LogP contribution in [0.15, 0.2) is 73.1 Å². The Kier molecular flexibility index (Phi) is 3.11. The molecule has 0 saturated heterocycles. The fourth-order valence-corrected chi connectivity index (χ4v) is 2.17. The highest BCUT2D eigenvalue weighted by atomic mass is 14.6. The van der Waals surface area contributed by atoms with Gasteiger partial charge in [0.15, 0.2) is 0 Å². The lowest BCUT2D eigenvalue weighted by atomic mass is 9.99. The third-order valence-corrected chi connectivity index (χ3v) is 3.26. The van der Waals surface area contributed by atoms with Crippen LogP contribution in [0, 0.1) is 6.92 Å². The zero-order valence-electron chi connectivity index (χ0n) is 10.9. The molecule has 0 fully saturated rings. The molecule has 92 valence electrons. The van der Waals surface area contributed by atoms with Gasteiger partial charge in [-0.25, -0.2) is 0 Å². The third kappa shape index (κ3) is 2.55. The van der Waals surface area contributed by atoms with Crippen LogP contribution in [0.25, 0.3) is 22.3 Å². The Labute approximate surface area is 113 Å². The van der Waals surface area contributed by atoms with Crippen LogP contribution in [0.5, 0.6) is 0 Å². The molecule has 0 aliphatic heterocycles. The maximum absolute atomic E-state index is 4.06. The van der Waals surface area contributed by atoms with Crippen LogP contribution in [-0.2, 0) is 0 Å². The molecular formula is C18H15N. The van der Waals surface area contributed by atoms with Gasteiger partial charge in [-0.15, -0.1) is 0 Å². The average molecular weight is 245 g/mol. The molecule has 0 atom stereocenters. The van der Waals surface area contributed by atoms with Crippen molar-refractivity contribution in [1.82, 2.24) is 4.98 Å². The molecule has 3 rings (SSSR count). The van der Waals surface area contributed by atoms with Crippen LogP contribution in [0.2, 0.25) is 0 Å². The Hall–Kier alpha value is -2.41. The number of hydrogen-bond acceptors (Lipinski definition) is 1. The van der Waals surface area contributed by atoms with Crippen molar-refractivity contribution in [2.45, 2.75) is 6.92 Å². The quantitative estimate of drug-likeness (QED) is 0.636. The van der Waals surface area contributed by atoms with Gasteiger partial charge < -0.3 is 0 Å². The molecule has 0 saturated carbocycles. The first kappa shape index (κ1) is 11.7. The molecule has 0 unspecified atom stereocenters. The van der Waals surface area contributed by atoms with Gasteiger partial charge in [0.1, 0.15) is 0 Å². The minimum Gasteiger partial charge on any atom is -0.265 e. The van der Waals surface area contributed by atoms with Gasteiger partial charge in [0.25, 0.3) is 0 Å². The third-order valence-electron chi connectivity index (χ3n) is 3.26. The van der Waals surface area contributed by atoms with Crippen molar-refractivity contribution in [3.8, 4) is 22.3 Å². The van der Waals surface area contributed by atoms with Gasteiger partial charge in [-0.1, -0.05) is 48.0 Å². The summed E-state index contributed by atoms with van der Waals surface area (Å²) in [6.45, 7) is 2.11. The molecule has 0 spiro atoms. The molecule has 1 nitrogen and oxygen atoms in total. The molecule has 2 aromatic carbocycles. The van der Waals surface area contributed by atoms with Crippen LogP contribution in [0.1, 0.15) is 5.56 Å². The van der Waals surface area contributed by atoms with Crippen molar-refractivity contribution in [2.75, 3.05) is 0 Å². The molecule has 3 aromatic rings. The van der Waals surface area contributed by atoms with Gasteiger partial charge in [-0.3, -0.25) is 4.98 Å². The number of rotatable bonds is 2. The van der Waals surface area contributed by atoms with E-state index in [-0.39, 0.29) is 0 Å². The van der Waals surface area contributed by atoms with E-state index in [9.17, 15) is 0 Å². The molecule has 19 heavy (non-hydrogen) atoms. The highest BCUT2D eigenvalue weighted by Gasteiger charge is 2.01. The summed E-state index contributed by atoms with van der Waals surface area (Å²) in [7, 11) is 0. The molecule has 0 N–H and O–H groups in total. The van der Waals surface area contributed by atoms with Gasteiger partial charge in [0, 0.05) is 12.4 Å². The second-order valence-corrected chi connectivity index (χ2v) is 4.68. The summed E-state index contributed by atoms with van der Waals surface area (Å²) < 4.78 is 0. The smallest absolute Gasteiger partial charge is 0.0273 e. The normalized spacial score (nSPS) is 10.4. The minimum atomic E-state index is 1.20. The fourth-order valence-electron chi connectivity index (χ4n) is 2.17. The van der Waals surface area contributed by atoms with Crippen molar-refractivity contribution < 1.29 is 0 Å². The predicted molar refractivity (Wildman–Crippen MR) is 79.8 cm³/mol. The van der Waals surface area contributed by atoms with Gasteiger partial charge >= 0.3 is 0 Å². The molecule has 0 amide bonds. The minimum absolute atomic E-state index is 1.20. The summed E-state index contributed by atoms with van der Waals surface area (Å²) >= 11 is 0. The number of aryl methyl sites for hydroxylation is 1. The lowest BCUT2D eigenvalue weighted by molar-refractivity contribution is 1.33. The Morgan fingerprint density at radius 2 is 1.21 bits per heavy atom. The SMILES string of the molecule is Cc1ccc(-c2cccc(-c3ccncc3)c2)cc1. The van der Waals surface area contributed by atoms with E-state index in [1.54, 1.807) is 0 Å². The zero-order valence-corrected chi connectivity index (χ0v) is 10.9. The molecule has 1 heterocycles. The number of benzene rings is 2. The second kappa shape index (κ2) is 5.07. The van der Waals surface area contributed by atoms with E-state index in [1.807, 2.05) is 24.5 Å². The van der Waals surface area contributed by atoms with Crippen molar-refractivity contribution in [3.05, 3.63) is 78.6 Å². The summed E-state index contributed by atoms with van der Waals surface area (Å²) in [4.78, 5) is 4.06. The van der Waals surface area contributed by atoms with E-state index >= 15 is 0 Å². The standard InChI is InChI=1S/C18H15N/c1-14-5-7-15(8-6-14)17-3-2-4-18(13-17)16-9-11-19-12-10-16/h2-13H,1H3. The molecule has 0 bridgehead atoms. The Morgan fingerprint density at radius 3 is 1.84 bits per heavy atom. The zero-order chi connectivity index (χ0) is 13.1. The molecule has 0 radical (unpaired) electrons. The van der Waals surface area contributed by atoms with Gasteiger partial charge in [-0.05, 0) is 47.4 Å². The largest absolute Gasteiger partial charge is 0.265 e. The Balaban J connectivity index is 2.03. The van der Waals surface area contributed by atoms with Crippen molar-refractivity contribution >= 4 is 0 Å². The van der Waals surface area contributed by atoms with Gasteiger partial charge in [0.2, 0.25) is 0 Å². The summed E-state index contributed by atoms with van der Waals surface area (Å²) in [5.41, 5.74) is 6.20. The summed E-state index contributed by atoms with van der Waals surface area (Å²) in [6, 6.07) is 21.3. The second-order valence-electron chi connectivity index (χ2n) is 4.68. The van der Waals surface area contributed by atoms with Gasteiger partial charge in [0.05, 0.1) is 0 Å². The maximum Gasteiger partial charge on any atom is 0.0273 e. The first-order valence-corrected chi connectivity index (χ1v) is 6.40. The van der Waals surface area contributed by atoms with Crippen molar-refractivity contribution in [3.63, 3.8) is 0 Å². The number of nitrogens with zero attached hydrogens (tertiary/aromatic N) is 1. The molecule has 0 aliphatic carbocycles. The summed E-state index contributed by atoms with van der Waals surface area (Å²) in [5.74, 6) is 0. The Morgan fingerprint density at radius 1 is 0.632 bits per heavy atom. The summed E-state index contributed by atoms with van der Waals surface area (Å²) in [6.07, 6.45) is 3.65. The number of pyridine rings is 1. The van der Waals surface area contributed by atoms with E-state index in [2.05, 4.69) is 60.4 Å². The molecular weight excluding hydrogens is 230 g/mol. The number of hydrogen-bond donors (Lipinski definition) is 0. The van der Waals surface area contributed by atoms with Gasteiger partial charge in [-0.2, -0.15) is 0 Å². The summed E-state index contributed by atoms with van der Waals surface area (Å²) in [5, 5.41) is 0. The number of aromatic nitrogens is 1. The lowest BCUT2D eigenvalue weighted by Gasteiger charge is -2.06. The van der Waals surface area contributed by atoms with Crippen LogP contribution in [0.3, 0.4) is 0 Å². The van der Waals surface area contributed by atoms with Crippen LogP contribution >= 0.6 is 0 Å². The first-order chi connectivity index (χ1) is 9.33. The van der Waals surface area contributed by atoms with Crippen LogP contribution in [-0.4, -0.2) is 4.98 Å². The monoisotopic (exact) mass is 245 g/mol. The fraction of sp³-hybridized carbons (Fsp3) is 0.0556. The van der Waals surface area contributed by atoms with E-state index < -0.39 is 0 Å². The predicted octanol–water partition coefficient (Wildman–Crippen LogP) is 4.72. The van der Waals surface area contributed by atoms with E-state index in [0.717, 1.165) is 0 Å². The van der Waals surface area contributed by atoms with E-state index in [0.29, 0.717) is 0 Å². The highest BCUT2D eigenvalue weighted by Crippen LogP contribution is 2.26. The Bertz CT molecular complexity index is 670. The van der Waals surface area contributed by atoms with E-state index in [1.165, 1.54) is 27.8 Å². The topological polar surface area (TPSA) is 12.9 Å². The van der Waals surface area contributed by atoms with Crippen molar-refractivity contribution in [1.29, 1.82) is 0 Å². The van der Waals surface area contributed by atoms with Crippen LogP contribution < -0.4 is 0 Å². The maximum atomic E-state index is 4.06. The molecule has 1 aromatic heterocycles. The van der Waals surface area contributed by atoms with Crippen molar-refractivity contribution in [2.24, 2.45) is 0 Å².